The molecule has 0 atom stereocenters. The number of rotatable bonds is 3. The fourth-order valence-corrected chi connectivity index (χ4v) is 6.44. The fraction of sp³-hybridized carbons (Fsp3) is 0.250. The van der Waals surface area contributed by atoms with E-state index in [0.717, 1.165) is 50.9 Å². The molecule has 0 fully saturated rings. The average molecular weight is 787 g/mol. The van der Waals surface area contributed by atoms with Crippen molar-refractivity contribution in [1.29, 1.82) is 0 Å². The SMILES string of the molecule is Cc1c[c-]c(-c2cc(C)c(C)cn2)cc1.Cc1cc2cc3oc4c(-c5cc(CC(C)(C)C)c(C)cn5)[c-]ccc4c3cc2s1.[Ir]. The first-order valence-corrected chi connectivity index (χ1v) is 15.9. The fourth-order valence-electron chi connectivity index (χ4n) is 5.49. The molecule has 4 aromatic heterocycles. The van der Waals surface area contributed by atoms with Gasteiger partial charge in [0.05, 0.1) is 5.58 Å². The Kier molecular flexibility index (Phi) is 9.46. The van der Waals surface area contributed by atoms with E-state index in [1.54, 1.807) is 0 Å². The minimum absolute atomic E-state index is 0. The Morgan fingerprint density at radius 1 is 0.778 bits per heavy atom. The third-order valence-corrected chi connectivity index (χ3v) is 9.01. The molecular formula is C40H38IrN2OS-2. The summed E-state index contributed by atoms with van der Waals surface area (Å²) >= 11 is 1.83. The van der Waals surface area contributed by atoms with Crippen molar-refractivity contribution in [3.63, 3.8) is 0 Å². The summed E-state index contributed by atoms with van der Waals surface area (Å²) in [6.45, 7) is 17.3. The molecule has 0 N–H and O–H groups in total. The molecule has 1 radical (unpaired) electrons. The molecule has 0 aliphatic rings. The van der Waals surface area contributed by atoms with E-state index >= 15 is 0 Å². The molecule has 7 rings (SSSR count). The molecule has 0 saturated carbocycles. The van der Waals surface area contributed by atoms with Crippen LogP contribution in [0, 0.1) is 52.2 Å². The summed E-state index contributed by atoms with van der Waals surface area (Å²) in [6.07, 6.45) is 4.91. The molecule has 5 heteroatoms. The molecular weight excluding hydrogens is 749 g/mol. The van der Waals surface area contributed by atoms with Crippen LogP contribution in [0.3, 0.4) is 0 Å². The van der Waals surface area contributed by atoms with Crippen molar-refractivity contribution >= 4 is 43.4 Å². The number of aryl methyl sites for hydroxylation is 5. The molecule has 0 amide bonds. The third-order valence-electron chi connectivity index (χ3n) is 8.00. The van der Waals surface area contributed by atoms with Gasteiger partial charge >= 0.3 is 0 Å². The van der Waals surface area contributed by atoms with Crippen LogP contribution >= 0.6 is 11.3 Å². The van der Waals surface area contributed by atoms with Crippen molar-refractivity contribution in [2.24, 2.45) is 5.41 Å². The van der Waals surface area contributed by atoms with Gasteiger partial charge in [-0.3, -0.25) is 0 Å². The molecule has 0 bridgehead atoms. The van der Waals surface area contributed by atoms with Gasteiger partial charge in [-0.2, -0.15) is 0 Å². The molecule has 0 spiro atoms. The van der Waals surface area contributed by atoms with E-state index in [-0.39, 0.29) is 25.5 Å². The number of nitrogens with zero attached hydrogens (tertiary/aromatic N) is 2. The van der Waals surface area contributed by atoms with Crippen molar-refractivity contribution in [1.82, 2.24) is 9.97 Å². The number of hydrogen-bond acceptors (Lipinski definition) is 4. The third kappa shape index (κ3) is 7.12. The number of thiophene rings is 1. The van der Waals surface area contributed by atoms with Crippen molar-refractivity contribution in [2.45, 2.75) is 61.8 Å². The number of fused-ring (bicyclic) bond motifs is 4. The molecule has 0 aliphatic heterocycles. The summed E-state index contributed by atoms with van der Waals surface area (Å²) < 4.78 is 7.66. The molecule has 0 saturated heterocycles. The average Bonchev–Trinajstić information content (AvgIpc) is 3.52. The summed E-state index contributed by atoms with van der Waals surface area (Å²) in [4.78, 5) is 10.5. The van der Waals surface area contributed by atoms with Gasteiger partial charge in [0.2, 0.25) is 0 Å². The molecule has 7 aromatic rings. The van der Waals surface area contributed by atoms with Crippen LogP contribution in [-0.2, 0) is 26.5 Å². The predicted molar refractivity (Wildman–Crippen MR) is 187 cm³/mol. The number of hydrogen-bond donors (Lipinski definition) is 0. The summed E-state index contributed by atoms with van der Waals surface area (Å²) in [7, 11) is 0. The Morgan fingerprint density at radius 2 is 1.53 bits per heavy atom. The van der Waals surface area contributed by atoms with E-state index < -0.39 is 0 Å². The Morgan fingerprint density at radius 3 is 2.24 bits per heavy atom. The molecule has 231 valence electrons. The maximum atomic E-state index is 6.36. The van der Waals surface area contributed by atoms with Gasteiger partial charge in [-0.25, -0.2) is 0 Å². The Labute approximate surface area is 284 Å². The van der Waals surface area contributed by atoms with Crippen molar-refractivity contribution in [2.75, 3.05) is 0 Å². The second-order valence-corrected chi connectivity index (χ2v) is 14.4. The van der Waals surface area contributed by atoms with Crippen LogP contribution in [0.15, 0.2) is 77.5 Å². The van der Waals surface area contributed by atoms with E-state index in [0.29, 0.717) is 0 Å². The molecule has 45 heavy (non-hydrogen) atoms. The van der Waals surface area contributed by atoms with E-state index in [1.807, 2.05) is 35.9 Å². The van der Waals surface area contributed by atoms with Crippen molar-refractivity contribution in [3.05, 3.63) is 118 Å². The van der Waals surface area contributed by atoms with Gasteiger partial charge in [-0.15, -0.1) is 64.9 Å². The van der Waals surface area contributed by atoms with Gasteiger partial charge in [-0.1, -0.05) is 61.9 Å². The number of furan rings is 1. The summed E-state index contributed by atoms with van der Waals surface area (Å²) in [5, 5.41) is 3.53. The van der Waals surface area contributed by atoms with Crippen LogP contribution < -0.4 is 0 Å². The largest absolute Gasteiger partial charge is 0.501 e. The molecule has 0 unspecified atom stereocenters. The first-order chi connectivity index (χ1) is 20.9. The maximum absolute atomic E-state index is 6.36. The summed E-state index contributed by atoms with van der Waals surface area (Å²) in [5.41, 5.74) is 12.2. The zero-order valence-electron chi connectivity index (χ0n) is 27.2. The Hall–Kier alpha value is -3.63. The van der Waals surface area contributed by atoms with Crippen LogP contribution in [0.4, 0.5) is 0 Å². The Bertz CT molecular complexity index is 2130. The van der Waals surface area contributed by atoms with E-state index in [4.69, 9.17) is 9.40 Å². The molecule has 4 heterocycles. The van der Waals surface area contributed by atoms with Gasteiger partial charge in [0.15, 0.2) is 0 Å². The van der Waals surface area contributed by atoms with Gasteiger partial charge in [0, 0.05) is 47.5 Å². The van der Waals surface area contributed by atoms with Gasteiger partial charge in [0.25, 0.3) is 0 Å². The first kappa shape index (κ1) is 32.8. The first-order valence-electron chi connectivity index (χ1n) is 15.1. The van der Waals surface area contributed by atoms with Gasteiger partial charge in [-0.05, 0) is 85.6 Å². The molecule has 0 aliphatic carbocycles. The van der Waals surface area contributed by atoms with Crippen LogP contribution in [-0.4, -0.2) is 9.97 Å². The summed E-state index contributed by atoms with van der Waals surface area (Å²) in [6, 6.07) is 27.8. The molecule has 3 aromatic carbocycles. The minimum Gasteiger partial charge on any atom is -0.501 e. The zero-order valence-corrected chi connectivity index (χ0v) is 30.4. The minimum atomic E-state index is 0. The number of aromatic nitrogens is 2. The quantitative estimate of drug-likeness (QED) is 0.168. The van der Waals surface area contributed by atoms with Crippen LogP contribution in [0.1, 0.15) is 53.5 Å². The Balaban J connectivity index is 0.000000212. The van der Waals surface area contributed by atoms with Crippen molar-refractivity contribution in [3.8, 4) is 22.5 Å². The number of pyridine rings is 2. The summed E-state index contributed by atoms with van der Waals surface area (Å²) in [5.74, 6) is 0. The van der Waals surface area contributed by atoms with E-state index in [1.165, 1.54) is 42.8 Å². The maximum Gasteiger partial charge on any atom is 0.121 e. The van der Waals surface area contributed by atoms with Crippen LogP contribution in [0.5, 0.6) is 0 Å². The van der Waals surface area contributed by atoms with Gasteiger partial charge in [0.1, 0.15) is 5.58 Å². The topological polar surface area (TPSA) is 38.9 Å². The predicted octanol–water partition coefficient (Wildman–Crippen LogP) is 11.3. The smallest absolute Gasteiger partial charge is 0.121 e. The monoisotopic (exact) mass is 787 g/mol. The standard InChI is InChI=1S/C26H24NOS.C14H14N.Ir/c1-15-14-27-22(10-18(15)13-26(3,4)5)20-8-6-7-19-21-12-24-17(9-16(2)29-24)11-23(21)28-25(19)20;1-10-4-6-13(7-5-10)14-8-11(2)12(3)9-15-14;/h6-7,9-12,14H,13H2,1-5H3;4-6,8-9H,1-3H3;/q2*-1;. The second-order valence-electron chi connectivity index (χ2n) is 13.1. The van der Waals surface area contributed by atoms with E-state index in [9.17, 15) is 0 Å². The normalized spacial score (nSPS) is 11.5. The molecule has 3 nitrogen and oxygen atoms in total. The van der Waals surface area contributed by atoms with Crippen molar-refractivity contribution < 1.29 is 24.5 Å². The van der Waals surface area contributed by atoms with E-state index in [2.05, 4.69) is 121 Å². The zero-order chi connectivity index (χ0) is 31.2. The van der Waals surface area contributed by atoms with Crippen LogP contribution in [0.2, 0.25) is 0 Å². The van der Waals surface area contributed by atoms with Crippen LogP contribution in [0.25, 0.3) is 54.5 Å². The van der Waals surface area contributed by atoms with Gasteiger partial charge < -0.3 is 14.4 Å². The second kappa shape index (κ2) is 13.0. The number of benzene rings is 3.